The summed E-state index contributed by atoms with van der Waals surface area (Å²) in [4.78, 5) is 5.56. The standard InChI is InChI=1S/C14H21N5S2/c1-9(2)13-19-18-12(21-13)8-17-14(15-4)16-7-11-10(3)5-6-20-11/h5-6,9H,7-8H2,1-4H3,(H2,15,16,17). The molecule has 21 heavy (non-hydrogen) atoms. The van der Waals surface area contributed by atoms with E-state index in [4.69, 9.17) is 0 Å². The fourth-order valence-electron chi connectivity index (χ4n) is 1.70. The Labute approximate surface area is 133 Å². The predicted molar refractivity (Wildman–Crippen MR) is 90.1 cm³/mol. The second kappa shape index (κ2) is 7.51. The molecule has 2 N–H and O–H groups in total. The maximum Gasteiger partial charge on any atom is 0.191 e. The number of thiophene rings is 1. The molecule has 0 fully saturated rings. The summed E-state index contributed by atoms with van der Waals surface area (Å²) in [7, 11) is 1.77. The summed E-state index contributed by atoms with van der Waals surface area (Å²) in [6, 6.07) is 2.13. The van der Waals surface area contributed by atoms with Crippen molar-refractivity contribution in [1.82, 2.24) is 20.8 Å². The van der Waals surface area contributed by atoms with Gasteiger partial charge in [-0.2, -0.15) is 0 Å². The zero-order valence-corrected chi connectivity index (χ0v) is 14.4. The zero-order valence-electron chi connectivity index (χ0n) is 12.8. The van der Waals surface area contributed by atoms with Gasteiger partial charge < -0.3 is 10.6 Å². The number of aliphatic imine (C=N–C) groups is 1. The van der Waals surface area contributed by atoms with E-state index in [-0.39, 0.29) is 0 Å². The molecular formula is C14H21N5S2. The van der Waals surface area contributed by atoms with E-state index in [0.29, 0.717) is 12.5 Å². The maximum absolute atomic E-state index is 4.23. The van der Waals surface area contributed by atoms with Crippen molar-refractivity contribution >= 4 is 28.6 Å². The van der Waals surface area contributed by atoms with Gasteiger partial charge in [0, 0.05) is 17.8 Å². The van der Waals surface area contributed by atoms with Gasteiger partial charge in [0.2, 0.25) is 0 Å². The maximum atomic E-state index is 4.23. The Bertz CT molecular complexity index is 600. The third-order valence-electron chi connectivity index (χ3n) is 2.99. The van der Waals surface area contributed by atoms with E-state index < -0.39 is 0 Å². The lowest BCUT2D eigenvalue weighted by Crippen LogP contribution is -2.36. The second-order valence-electron chi connectivity index (χ2n) is 4.99. The van der Waals surface area contributed by atoms with E-state index in [1.54, 1.807) is 29.7 Å². The van der Waals surface area contributed by atoms with Crippen LogP contribution in [0.1, 0.15) is 40.2 Å². The monoisotopic (exact) mass is 323 g/mol. The van der Waals surface area contributed by atoms with E-state index in [1.165, 1.54) is 10.4 Å². The first-order valence-corrected chi connectivity index (χ1v) is 8.59. The first-order valence-electron chi connectivity index (χ1n) is 6.90. The van der Waals surface area contributed by atoms with Crippen molar-refractivity contribution in [3.05, 3.63) is 31.9 Å². The Balaban J connectivity index is 1.83. The molecule has 7 heteroatoms. The normalized spacial score (nSPS) is 12.0. The van der Waals surface area contributed by atoms with Gasteiger partial charge in [0.25, 0.3) is 0 Å². The van der Waals surface area contributed by atoms with Crippen LogP contribution in [0.3, 0.4) is 0 Å². The van der Waals surface area contributed by atoms with Gasteiger partial charge in [-0.3, -0.25) is 4.99 Å². The third kappa shape index (κ3) is 4.50. The summed E-state index contributed by atoms with van der Waals surface area (Å²) in [5.74, 6) is 1.21. The Morgan fingerprint density at radius 1 is 1.29 bits per heavy atom. The fraction of sp³-hybridized carbons (Fsp3) is 0.500. The number of aryl methyl sites for hydroxylation is 1. The van der Waals surface area contributed by atoms with E-state index >= 15 is 0 Å². The average Bonchev–Trinajstić information content (AvgIpc) is 3.08. The van der Waals surface area contributed by atoms with Gasteiger partial charge in [0.15, 0.2) is 5.96 Å². The number of nitrogens with zero attached hydrogens (tertiary/aromatic N) is 3. The molecule has 5 nitrogen and oxygen atoms in total. The molecule has 0 radical (unpaired) electrons. The van der Waals surface area contributed by atoms with Crippen LogP contribution in [0.5, 0.6) is 0 Å². The number of aromatic nitrogens is 2. The lowest BCUT2D eigenvalue weighted by molar-refractivity contribution is 0.786. The molecule has 0 saturated carbocycles. The van der Waals surface area contributed by atoms with Gasteiger partial charge in [-0.25, -0.2) is 0 Å². The fourth-order valence-corrected chi connectivity index (χ4v) is 3.33. The van der Waals surface area contributed by atoms with Crippen molar-refractivity contribution in [3.8, 4) is 0 Å². The van der Waals surface area contributed by atoms with Crippen molar-refractivity contribution in [2.45, 2.75) is 39.8 Å². The Kier molecular flexibility index (Phi) is 5.69. The van der Waals surface area contributed by atoms with Crippen molar-refractivity contribution in [2.24, 2.45) is 4.99 Å². The molecule has 0 aliphatic carbocycles. The van der Waals surface area contributed by atoms with Crippen LogP contribution >= 0.6 is 22.7 Å². The quantitative estimate of drug-likeness (QED) is 0.656. The minimum atomic E-state index is 0.426. The predicted octanol–water partition coefficient (Wildman–Crippen LogP) is 2.90. The van der Waals surface area contributed by atoms with Crippen LogP contribution in [0.25, 0.3) is 0 Å². The van der Waals surface area contributed by atoms with Gasteiger partial charge in [0.05, 0.1) is 13.1 Å². The van der Waals surface area contributed by atoms with E-state index in [9.17, 15) is 0 Å². The molecule has 0 aliphatic rings. The summed E-state index contributed by atoms with van der Waals surface area (Å²) in [6.07, 6.45) is 0. The van der Waals surface area contributed by atoms with Crippen molar-refractivity contribution < 1.29 is 0 Å². The zero-order chi connectivity index (χ0) is 15.2. The topological polar surface area (TPSA) is 62.2 Å². The number of guanidine groups is 1. The first kappa shape index (κ1) is 15.9. The second-order valence-corrected chi connectivity index (χ2v) is 7.09. The van der Waals surface area contributed by atoms with E-state index in [0.717, 1.165) is 22.5 Å². The molecule has 2 rings (SSSR count). The highest BCUT2D eigenvalue weighted by Gasteiger charge is 2.08. The number of rotatable bonds is 5. The number of hydrogen-bond donors (Lipinski definition) is 2. The third-order valence-corrected chi connectivity index (χ3v) is 5.24. The SMILES string of the molecule is CN=C(NCc1nnc(C(C)C)s1)NCc1sccc1C. The number of hydrogen-bond acceptors (Lipinski definition) is 5. The summed E-state index contributed by atoms with van der Waals surface area (Å²) in [5.41, 5.74) is 1.31. The van der Waals surface area contributed by atoms with Crippen LogP contribution in [0.2, 0.25) is 0 Å². The van der Waals surface area contributed by atoms with Crippen LogP contribution in [-0.4, -0.2) is 23.2 Å². The van der Waals surface area contributed by atoms with Crippen LogP contribution in [0.4, 0.5) is 0 Å². The van der Waals surface area contributed by atoms with Crippen LogP contribution in [-0.2, 0) is 13.1 Å². The Hall–Kier alpha value is -1.47. The van der Waals surface area contributed by atoms with Gasteiger partial charge in [-0.05, 0) is 23.9 Å². The molecule has 0 aliphatic heterocycles. The van der Waals surface area contributed by atoms with Gasteiger partial charge in [-0.1, -0.05) is 25.2 Å². The number of nitrogens with one attached hydrogen (secondary N) is 2. The van der Waals surface area contributed by atoms with Crippen LogP contribution < -0.4 is 10.6 Å². The Morgan fingerprint density at radius 3 is 2.62 bits per heavy atom. The molecule has 0 amide bonds. The van der Waals surface area contributed by atoms with E-state index in [1.807, 2.05) is 0 Å². The molecule has 0 spiro atoms. The molecule has 0 atom stereocenters. The molecule has 0 aromatic carbocycles. The largest absolute Gasteiger partial charge is 0.352 e. The molecule has 114 valence electrons. The smallest absolute Gasteiger partial charge is 0.191 e. The average molecular weight is 323 g/mol. The van der Waals surface area contributed by atoms with Crippen molar-refractivity contribution in [1.29, 1.82) is 0 Å². The summed E-state index contributed by atoms with van der Waals surface area (Å²) < 4.78 is 0. The highest BCUT2D eigenvalue weighted by molar-refractivity contribution is 7.11. The summed E-state index contributed by atoms with van der Waals surface area (Å²) >= 11 is 3.40. The van der Waals surface area contributed by atoms with Crippen LogP contribution in [0, 0.1) is 6.92 Å². The van der Waals surface area contributed by atoms with Crippen LogP contribution in [0.15, 0.2) is 16.4 Å². The van der Waals surface area contributed by atoms with Gasteiger partial charge in [0.1, 0.15) is 10.0 Å². The van der Waals surface area contributed by atoms with Crippen molar-refractivity contribution in [2.75, 3.05) is 7.05 Å². The lowest BCUT2D eigenvalue weighted by Gasteiger charge is -2.10. The Morgan fingerprint density at radius 2 is 2.05 bits per heavy atom. The minimum Gasteiger partial charge on any atom is -0.352 e. The molecule has 0 saturated heterocycles. The van der Waals surface area contributed by atoms with E-state index in [2.05, 4.69) is 58.0 Å². The highest BCUT2D eigenvalue weighted by Crippen LogP contribution is 2.18. The summed E-state index contributed by atoms with van der Waals surface area (Å²) in [5, 5.41) is 19.1. The highest BCUT2D eigenvalue weighted by atomic mass is 32.1. The summed E-state index contributed by atoms with van der Waals surface area (Å²) in [6.45, 7) is 7.81. The molecule has 2 heterocycles. The molecule has 0 unspecified atom stereocenters. The molecule has 2 aromatic heterocycles. The lowest BCUT2D eigenvalue weighted by atomic mass is 10.2. The molecule has 0 bridgehead atoms. The van der Waals surface area contributed by atoms with Gasteiger partial charge >= 0.3 is 0 Å². The van der Waals surface area contributed by atoms with Gasteiger partial charge in [-0.15, -0.1) is 21.5 Å². The first-order chi connectivity index (χ1) is 10.1. The molecule has 2 aromatic rings. The minimum absolute atomic E-state index is 0.426. The molecular weight excluding hydrogens is 302 g/mol. The van der Waals surface area contributed by atoms with Crippen molar-refractivity contribution in [3.63, 3.8) is 0 Å².